The van der Waals surface area contributed by atoms with Crippen molar-refractivity contribution < 1.29 is 14.3 Å². The Morgan fingerprint density at radius 3 is 2.26 bits per heavy atom. The number of ether oxygens (including phenoxy) is 1. The van der Waals surface area contributed by atoms with E-state index in [0.717, 1.165) is 11.3 Å². The lowest BCUT2D eigenvalue weighted by Crippen LogP contribution is -2.35. The zero-order valence-corrected chi connectivity index (χ0v) is 16.4. The number of hydrogen-bond acceptors (Lipinski definition) is 3. The molecular weight excluding hydrogens is 364 g/mol. The standard InChI is InChI=1S/C21H23ClN2O3/c1-13(2)27-16-9-7-15(8-10-16)23-19(25)21(11-12-21)20(26)24-18-6-4-5-17(22)14(18)3/h4-10,13H,11-12H2,1-3H3,(H,23,25)(H,24,26). The summed E-state index contributed by atoms with van der Waals surface area (Å²) in [4.78, 5) is 25.4. The number of hydrogen-bond donors (Lipinski definition) is 2. The Morgan fingerprint density at radius 1 is 1.04 bits per heavy atom. The summed E-state index contributed by atoms with van der Waals surface area (Å²) < 4.78 is 5.59. The van der Waals surface area contributed by atoms with Crippen molar-refractivity contribution in [1.82, 2.24) is 0 Å². The van der Waals surface area contributed by atoms with Crippen LogP contribution in [0.1, 0.15) is 32.3 Å². The van der Waals surface area contributed by atoms with Crippen molar-refractivity contribution in [3.8, 4) is 5.75 Å². The topological polar surface area (TPSA) is 67.4 Å². The van der Waals surface area contributed by atoms with Crippen LogP contribution in [0.4, 0.5) is 11.4 Å². The van der Waals surface area contributed by atoms with Crippen LogP contribution >= 0.6 is 11.6 Å². The maximum Gasteiger partial charge on any atom is 0.240 e. The molecule has 0 bridgehead atoms. The van der Waals surface area contributed by atoms with Crippen LogP contribution in [0.5, 0.6) is 5.75 Å². The maximum absolute atomic E-state index is 12.7. The van der Waals surface area contributed by atoms with Gasteiger partial charge in [-0.2, -0.15) is 0 Å². The van der Waals surface area contributed by atoms with Gasteiger partial charge in [0.2, 0.25) is 11.8 Å². The molecule has 2 aromatic carbocycles. The fourth-order valence-corrected chi connectivity index (χ4v) is 2.98. The normalized spacial score (nSPS) is 14.6. The third-order valence-corrected chi connectivity index (χ3v) is 5.03. The molecule has 0 atom stereocenters. The number of rotatable bonds is 6. The summed E-state index contributed by atoms with van der Waals surface area (Å²) in [6.45, 7) is 5.73. The van der Waals surface area contributed by atoms with E-state index in [9.17, 15) is 9.59 Å². The Morgan fingerprint density at radius 2 is 1.67 bits per heavy atom. The molecule has 142 valence electrons. The third-order valence-electron chi connectivity index (χ3n) is 4.62. The quantitative estimate of drug-likeness (QED) is 0.701. The Kier molecular flexibility index (Phi) is 5.42. The van der Waals surface area contributed by atoms with E-state index in [2.05, 4.69) is 10.6 Å². The van der Waals surface area contributed by atoms with E-state index >= 15 is 0 Å². The van der Waals surface area contributed by atoms with E-state index in [4.69, 9.17) is 16.3 Å². The highest BCUT2D eigenvalue weighted by Gasteiger charge is 2.56. The first-order valence-electron chi connectivity index (χ1n) is 8.96. The van der Waals surface area contributed by atoms with Gasteiger partial charge in [-0.15, -0.1) is 0 Å². The number of nitrogens with one attached hydrogen (secondary N) is 2. The van der Waals surface area contributed by atoms with Crippen LogP contribution in [0.25, 0.3) is 0 Å². The molecule has 3 rings (SSSR count). The summed E-state index contributed by atoms with van der Waals surface area (Å²) >= 11 is 6.10. The van der Waals surface area contributed by atoms with Crippen molar-refractivity contribution >= 4 is 34.8 Å². The molecule has 27 heavy (non-hydrogen) atoms. The molecule has 5 nitrogen and oxygen atoms in total. The second-order valence-electron chi connectivity index (χ2n) is 7.09. The summed E-state index contributed by atoms with van der Waals surface area (Å²) in [5.74, 6) is 0.139. The lowest BCUT2D eigenvalue weighted by molar-refractivity contribution is -0.131. The molecule has 0 spiro atoms. The molecule has 1 fully saturated rings. The highest BCUT2D eigenvalue weighted by Crippen LogP contribution is 2.47. The minimum absolute atomic E-state index is 0.0822. The number of benzene rings is 2. The summed E-state index contributed by atoms with van der Waals surface area (Å²) in [5, 5.41) is 6.26. The van der Waals surface area contributed by atoms with E-state index in [1.54, 1.807) is 42.5 Å². The zero-order chi connectivity index (χ0) is 19.6. The van der Waals surface area contributed by atoms with Gasteiger partial charge in [0.15, 0.2) is 0 Å². The number of anilines is 2. The van der Waals surface area contributed by atoms with Gasteiger partial charge in [-0.3, -0.25) is 9.59 Å². The first-order chi connectivity index (χ1) is 12.8. The van der Waals surface area contributed by atoms with Gasteiger partial charge in [0, 0.05) is 16.4 Å². The first-order valence-corrected chi connectivity index (χ1v) is 9.34. The Balaban J connectivity index is 1.67. The van der Waals surface area contributed by atoms with E-state index in [0.29, 0.717) is 29.2 Å². The second kappa shape index (κ2) is 7.61. The highest BCUT2D eigenvalue weighted by atomic mass is 35.5. The van der Waals surface area contributed by atoms with E-state index in [1.165, 1.54) is 0 Å². The van der Waals surface area contributed by atoms with Gasteiger partial charge in [0.05, 0.1) is 6.10 Å². The molecule has 0 aromatic heterocycles. The Bertz CT molecular complexity index is 858. The van der Waals surface area contributed by atoms with E-state index in [-0.39, 0.29) is 17.9 Å². The molecule has 0 heterocycles. The lowest BCUT2D eigenvalue weighted by atomic mass is 10.0. The van der Waals surface area contributed by atoms with Crippen LogP contribution < -0.4 is 15.4 Å². The van der Waals surface area contributed by atoms with Gasteiger partial charge < -0.3 is 15.4 Å². The van der Waals surface area contributed by atoms with Crippen molar-refractivity contribution in [2.24, 2.45) is 5.41 Å². The van der Waals surface area contributed by atoms with Crippen molar-refractivity contribution in [1.29, 1.82) is 0 Å². The average molecular weight is 387 g/mol. The SMILES string of the molecule is Cc1c(Cl)cccc1NC(=O)C1(C(=O)Nc2ccc(OC(C)C)cc2)CC1. The Labute approximate surface area is 164 Å². The van der Waals surface area contributed by atoms with Crippen LogP contribution in [0.15, 0.2) is 42.5 Å². The Hall–Kier alpha value is -2.53. The zero-order valence-electron chi connectivity index (χ0n) is 15.6. The number of carbonyl (C=O) groups excluding carboxylic acids is 2. The molecule has 6 heteroatoms. The van der Waals surface area contributed by atoms with E-state index < -0.39 is 5.41 Å². The highest BCUT2D eigenvalue weighted by molar-refractivity contribution is 6.31. The van der Waals surface area contributed by atoms with Crippen LogP contribution in [0.3, 0.4) is 0 Å². The second-order valence-corrected chi connectivity index (χ2v) is 7.50. The van der Waals surface area contributed by atoms with Gasteiger partial charge in [-0.25, -0.2) is 0 Å². The van der Waals surface area contributed by atoms with Crippen molar-refractivity contribution in [3.05, 3.63) is 53.1 Å². The van der Waals surface area contributed by atoms with Gasteiger partial charge in [-0.1, -0.05) is 17.7 Å². The molecule has 0 aliphatic heterocycles. The van der Waals surface area contributed by atoms with E-state index in [1.807, 2.05) is 20.8 Å². The predicted molar refractivity (Wildman–Crippen MR) is 107 cm³/mol. The van der Waals surface area contributed by atoms with Crippen LogP contribution in [0, 0.1) is 12.3 Å². The number of amides is 2. The van der Waals surface area contributed by atoms with Crippen LogP contribution in [0.2, 0.25) is 5.02 Å². The molecule has 2 N–H and O–H groups in total. The summed E-state index contributed by atoms with van der Waals surface area (Å²) in [7, 11) is 0. The van der Waals surface area contributed by atoms with Crippen molar-refractivity contribution in [2.45, 2.75) is 39.7 Å². The van der Waals surface area contributed by atoms with Gasteiger partial charge in [0.25, 0.3) is 0 Å². The molecule has 2 amide bonds. The lowest BCUT2D eigenvalue weighted by Gasteiger charge is -2.17. The smallest absolute Gasteiger partial charge is 0.240 e. The monoisotopic (exact) mass is 386 g/mol. The summed E-state index contributed by atoms with van der Waals surface area (Å²) in [5.41, 5.74) is 1.02. The molecule has 0 saturated heterocycles. The average Bonchev–Trinajstić information content (AvgIpc) is 3.42. The number of carbonyl (C=O) groups is 2. The molecule has 1 saturated carbocycles. The first kappa shape index (κ1) is 19.2. The predicted octanol–water partition coefficient (Wildman–Crippen LogP) is 4.79. The molecule has 2 aromatic rings. The van der Waals surface area contributed by atoms with Gasteiger partial charge in [-0.05, 0) is 75.6 Å². The van der Waals surface area contributed by atoms with Gasteiger partial charge >= 0.3 is 0 Å². The third kappa shape index (κ3) is 4.25. The number of halogens is 1. The summed E-state index contributed by atoms with van der Waals surface area (Å²) in [6.07, 6.45) is 1.14. The fourth-order valence-electron chi connectivity index (χ4n) is 2.81. The van der Waals surface area contributed by atoms with Gasteiger partial charge in [0.1, 0.15) is 11.2 Å². The maximum atomic E-state index is 12.7. The molecule has 1 aliphatic rings. The minimum atomic E-state index is -1.03. The minimum Gasteiger partial charge on any atom is -0.491 e. The van der Waals surface area contributed by atoms with Crippen LogP contribution in [-0.4, -0.2) is 17.9 Å². The van der Waals surface area contributed by atoms with Crippen molar-refractivity contribution in [2.75, 3.05) is 10.6 Å². The molecule has 0 radical (unpaired) electrons. The van der Waals surface area contributed by atoms with Crippen LogP contribution in [-0.2, 0) is 9.59 Å². The molecular formula is C21H23ClN2O3. The fraction of sp³-hybridized carbons (Fsp3) is 0.333. The summed E-state index contributed by atoms with van der Waals surface area (Å²) in [6, 6.07) is 12.4. The largest absolute Gasteiger partial charge is 0.491 e. The van der Waals surface area contributed by atoms with Crippen molar-refractivity contribution in [3.63, 3.8) is 0 Å². The molecule has 1 aliphatic carbocycles. The molecule has 0 unspecified atom stereocenters.